The molecule has 1 N–H and O–H groups in total. The van der Waals surface area contributed by atoms with Crippen molar-refractivity contribution < 1.29 is 19.0 Å². The van der Waals surface area contributed by atoms with E-state index in [-0.39, 0.29) is 17.9 Å². The minimum Gasteiger partial charge on any atom is -0.491 e. The van der Waals surface area contributed by atoms with Crippen LogP contribution < -0.4 is 19.5 Å². The fraction of sp³-hybridized carbons (Fsp3) is 0.400. The number of nitrogens with one attached hydrogen (secondary N) is 1. The summed E-state index contributed by atoms with van der Waals surface area (Å²) in [5.41, 5.74) is 2.76. The summed E-state index contributed by atoms with van der Waals surface area (Å²) in [6.07, 6.45) is 1.98. The van der Waals surface area contributed by atoms with Gasteiger partial charge in [-0.25, -0.2) is 15.0 Å². The Labute approximate surface area is 168 Å². The Kier molecular flexibility index (Phi) is 4.96. The highest BCUT2D eigenvalue weighted by Gasteiger charge is 2.29. The summed E-state index contributed by atoms with van der Waals surface area (Å²) in [4.78, 5) is 25.2. The van der Waals surface area contributed by atoms with Crippen LogP contribution in [0.1, 0.15) is 13.3 Å². The first-order valence-corrected chi connectivity index (χ1v) is 9.35. The number of nitrogens with zero attached hydrogens (tertiary/aromatic N) is 4. The third-order valence-electron chi connectivity index (χ3n) is 5.13. The van der Waals surface area contributed by atoms with Crippen molar-refractivity contribution in [3.8, 4) is 28.9 Å². The van der Waals surface area contributed by atoms with Gasteiger partial charge in [0.15, 0.2) is 5.75 Å². The molecule has 1 fully saturated rings. The van der Waals surface area contributed by atoms with Crippen molar-refractivity contribution in [3.05, 3.63) is 24.5 Å². The number of fused-ring (bicyclic) bond motifs is 1. The lowest BCUT2D eigenvalue weighted by molar-refractivity contribution is -0.119. The number of carbonyl (C=O) groups excluding carboxylic acids is 1. The van der Waals surface area contributed by atoms with Gasteiger partial charge < -0.3 is 24.1 Å². The fourth-order valence-electron chi connectivity index (χ4n) is 3.46. The number of carbonyl (C=O) groups is 1. The van der Waals surface area contributed by atoms with Crippen LogP contribution in [0.2, 0.25) is 0 Å². The molecule has 1 aliphatic rings. The Morgan fingerprint density at radius 1 is 1.17 bits per heavy atom. The summed E-state index contributed by atoms with van der Waals surface area (Å²) >= 11 is 0. The van der Waals surface area contributed by atoms with Gasteiger partial charge in [0.25, 0.3) is 5.88 Å². The van der Waals surface area contributed by atoms with Gasteiger partial charge in [-0.15, -0.1) is 0 Å². The second-order valence-corrected chi connectivity index (χ2v) is 7.04. The summed E-state index contributed by atoms with van der Waals surface area (Å²) in [6, 6.07) is 5.46. The molecule has 1 aliphatic heterocycles. The molecule has 0 bridgehead atoms. The first-order chi connectivity index (χ1) is 14.0. The Hall–Kier alpha value is -3.36. The Balaban J connectivity index is 1.74. The second kappa shape index (κ2) is 7.57. The predicted octanol–water partition coefficient (Wildman–Crippen LogP) is 1.95. The first kappa shape index (κ1) is 19.0. The molecule has 29 heavy (non-hydrogen) atoms. The van der Waals surface area contributed by atoms with E-state index in [1.54, 1.807) is 19.5 Å². The molecule has 0 aliphatic carbocycles. The highest BCUT2D eigenvalue weighted by Crippen LogP contribution is 2.32. The summed E-state index contributed by atoms with van der Waals surface area (Å²) < 4.78 is 18.7. The van der Waals surface area contributed by atoms with Crippen molar-refractivity contribution in [1.29, 1.82) is 0 Å². The van der Waals surface area contributed by atoms with Gasteiger partial charge in [0.05, 0.1) is 37.5 Å². The van der Waals surface area contributed by atoms with E-state index in [1.807, 2.05) is 30.7 Å². The molecule has 1 saturated heterocycles. The number of aromatic nitrogens is 4. The largest absolute Gasteiger partial charge is 0.491 e. The Bertz CT molecular complexity index is 1060. The van der Waals surface area contributed by atoms with E-state index in [4.69, 9.17) is 19.2 Å². The van der Waals surface area contributed by atoms with Crippen LogP contribution >= 0.6 is 0 Å². The lowest BCUT2D eigenvalue weighted by Gasteiger charge is -2.20. The number of rotatable bonds is 6. The molecule has 3 aromatic heterocycles. The number of amides is 1. The third-order valence-corrected chi connectivity index (χ3v) is 5.13. The molecule has 9 nitrogen and oxygen atoms in total. The maximum Gasteiger partial charge on any atom is 0.257 e. The molecular formula is C20H23N5O4. The topological polar surface area (TPSA) is 100 Å². The van der Waals surface area contributed by atoms with Gasteiger partial charge in [-0.3, -0.25) is 4.79 Å². The van der Waals surface area contributed by atoms with Gasteiger partial charge in [0.1, 0.15) is 11.6 Å². The first-order valence-electron chi connectivity index (χ1n) is 9.35. The van der Waals surface area contributed by atoms with Gasteiger partial charge in [-0.1, -0.05) is 0 Å². The number of aryl methyl sites for hydroxylation is 1. The molecule has 4 heterocycles. The Morgan fingerprint density at radius 3 is 2.66 bits per heavy atom. The maximum absolute atomic E-state index is 11.6. The summed E-state index contributed by atoms with van der Waals surface area (Å²) in [7, 11) is 4.99. The van der Waals surface area contributed by atoms with E-state index >= 15 is 0 Å². The molecule has 2 atom stereocenters. The number of methoxy groups -OCH3 is 2. The maximum atomic E-state index is 11.6. The molecule has 0 aromatic carbocycles. The van der Waals surface area contributed by atoms with Crippen molar-refractivity contribution in [2.24, 2.45) is 13.0 Å². The van der Waals surface area contributed by atoms with E-state index in [0.717, 1.165) is 11.0 Å². The number of hydrogen-bond acceptors (Lipinski definition) is 7. The summed E-state index contributed by atoms with van der Waals surface area (Å²) in [5, 5.41) is 2.85. The monoisotopic (exact) mass is 397 g/mol. The van der Waals surface area contributed by atoms with Crippen molar-refractivity contribution in [2.75, 3.05) is 20.8 Å². The zero-order valence-corrected chi connectivity index (χ0v) is 16.8. The van der Waals surface area contributed by atoms with Crippen LogP contribution in [0.3, 0.4) is 0 Å². The number of imidazole rings is 1. The zero-order valence-electron chi connectivity index (χ0n) is 16.8. The highest BCUT2D eigenvalue weighted by atomic mass is 16.5. The van der Waals surface area contributed by atoms with Crippen LogP contribution in [0.15, 0.2) is 24.5 Å². The van der Waals surface area contributed by atoms with Crippen LogP contribution in [0.4, 0.5) is 0 Å². The van der Waals surface area contributed by atoms with Crippen LogP contribution in [0.5, 0.6) is 17.5 Å². The molecule has 3 aromatic rings. The fourth-order valence-corrected chi connectivity index (χ4v) is 3.46. The van der Waals surface area contributed by atoms with Crippen molar-refractivity contribution in [3.63, 3.8) is 0 Å². The predicted molar refractivity (Wildman–Crippen MR) is 106 cm³/mol. The molecule has 0 spiro atoms. The van der Waals surface area contributed by atoms with Gasteiger partial charge >= 0.3 is 0 Å². The third kappa shape index (κ3) is 3.55. The van der Waals surface area contributed by atoms with E-state index in [9.17, 15) is 4.79 Å². The molecule has 0 saturated carbocycles. The van der Waals surface area contributed by atoms with Crippen LogP contribution in [0.25, 0.3) is 22.4 Å². The average molecular weight is 397 g/mol. The quantitative estimate of drug-likeness (QED) is 0.678. The molecule has 0 radical (unpaired) electrons. The highest BCUT2D eigenvalue weighted by molar-refractivity contribution is 5.84. The Morgan fingerprint density at radius 2 is 1.97 bits per heavy atom. The van der Waals surface area contributed by atoms with E-state index in [1.165, 1.54) is 7.11 Å². The molecule has 1 amide bonds. The van der Waals surface area contributed by atoms with Crippen LogP contribution in [-0.4, -0.2) is 52.3 Å². The molecule has 9 heteroatoms. The van der Waals surface area contributed by atoms with Crippen molar-refractivity contribution in [1.82, 2.24) is 24.8 Å². The SMILES string of the molecule is COc1ccc(-c2cc3ncn(C)c3c(OC(C)C3CNC(=O)C3)n2)nc1OC. The lowest BCUT2D eigenvalue weighted by Crippen LogP contribution is -2.26. The van der Waals surface area contributed by atoms with E-state index in [2.05, 4.69) is 15.3 Å². The van der Waals surface area contributed by atoms with Crippen molar-refractivity contribution >= 4 is 16.9 Å². The number of pyridine rings is 2. The van der Waals surface area contributed by atoms with Crippen LogP contribution in [0, 0.1) is 5.92 Å². The van der Waals surface area contributed by atoms with Gasteiger partial charge in [0, 0.05) is 25.9 Å². The number of ether oxygens (including phenoxy) is 3. The standard InChI is InChI=1S/C20H23N5O4/c1-11(12-7-17(26)21-9-12)29-20-18-15(22-10-25(18)2)8-14(24-20)13-5-6-16(27-3)19(23-13)28-4/h5-6,8,10-12H,7,9H2,1-4H3,(H,21,26). The summed E-state index contributed by atoms with van der Waals surface area (Å²) in [5.74, 6) is 1.52. The molecule has 152 valence electrons. The summed E-state index contributed by atoms with van der Waals surface area (Å²) in [6.45, 7) is 2.56. The van der Waals surface area contributed by atoms with E-state index < -0.39 is 0 Å². The van der Waals surface area contributed by atoms with Gasteiger partial charge in [-0.05, 0) is 25.1 Å². The number of hydrogen-bond donors (Lipinski definition) is 1. The van der Waals surface area contributed by atoms with Gasteiger partial charge in [0.2, 0.25) is 11.8 Å². The lowest BCUT2D eigenvalue weighted by atomic mass is 10.0. The average Bonchev–Trinajstić information content (AvgIpc) is 3.33. The van der Waals surface area contributed by atoms with Crippen LogP contribution in [-0.2, 0) is 11.8 Å². The van der Waals surface area contributed by atoms with E-state index in [0.29, 0.717) is 41.9 Å². The second-order valence-electron chi connectivity index (χ2n) is 7.04. The smallest absolute Gasteiger partial charge is 0.257 e. The van der Waals surface area contributed by atoms with Gasteiger partial charge in [-0.2, -0.15) is 0 Å². The molecule has 4 rings (SSSR count). The normalized spacial score (nSPS) is 17.2. The zero-order chi connectivity index (χ0) is 20.5. The van der Waals surface area contributed by atoms with Crippen molar-refractivity contribution in [2.45, 2.75) is 19.4 Å². The molecule has 2 unspecified atom stereocenters. The molecular weight excluding hydrogens is 374 g/mol. The minimum atomic E-state index is -0.187. The minimum absolute atomic E-state index is 0.0485.